The lowest BCUT2D eigenvalue weighted by Gasteiger charge is -2.13. The molecule has 3 aromatic rings. The van der Waals surface area contributed by atoms with Gasteiger partial charge in [0.2, 0.25) is 0 Å². The van der Waals surface area contributed by atoms with Crippen molar-refractivity contribution in [2.45, 2.75) is 33.3 Å². The highest BCUT2D eigenvalue weighted by atomic mass is 35.5. The Labute approximate surface area is 198 Å². The van der Waals surface area contributed by atoms with E-state index in [1.807, 2.05) is 74.5 Å². The predicted octanol–water partition coefficient (Wildman–Crippen LogP) is 5.13. The summed E-state index contributed by atoms with van der Waals surface area (Å²) in [6.45, 7) is 4.33. The van der Waals surface area contributed by atoms with Crippen molar-refractivity contribution in [2.75, 3.05) is 5.32 Å². The van der Waals surface area contributed by atoms with Gasteiger partial charge in [-0.05, 0) is 47.7 Å². The van der Waals surface area contributed by atoms with E-state index < -0.39 is 11.8 Å². The number of hydrogen-bond acceptors (Lipinski definition) is 4. The van der Waals surface area contributed by atoms with Crippen LogP contribution < -0.4 is 15.5 Å². The quantitative estimate of drug-likeness (QED) is 0.276. The zero-order valence-corrected chi connectivity index (χ0v) is 19.4. The molecule has 2 N–H and O–H groups in total. The van der Waals surface area contributed by atoms with Crippen molar-refractivity contribution >= 4 is 35.3 Å². The molecule has 0 heterocycles. The molecule has 0 aliphatic rings. The first-order valence-corrected chi connectivity index (χ1v) is 11.1. The van der Waals surface area contributed by atoms with E-state index >= 15 is 0 Å². The molecule has 0 fully saturated rings. The smallest absolute Gasteiger partial charge is 0.329 e. The highest BCUT2D eigenvalue weighted by Gasteiger charge is 2.16. The molecule has 0 saturated heterocycles. The lowest BCUT2D eigenvalue weighted by atomic mass is 10.0. The average molecular weight is 464 g/mol. The maximum absolute atomic E-state index is 12.4. The number of aryl methyl sites for hydroxylation is 2. The molecule has 0 radical (unpaired) electrons. The highest BCUT2D eigenvalue weighted by Crippen LogP contribution is 2.22. The van der Waals surface area contributed by atoms with Crippen LogP contribution >= 0.6 is 11.6 Å². The first kappa shape index (κ1) is 24.0. The van der Waals surface area contributed by atoms with Gasteiger partial charge >= 0.3 is 11.8 Å². The Hall–Kier alpha value is -3.64. The van der Waals surface area contributed by atoms with Gasteiger partial charge in [0.15, 0.2) is 0 Å². The summed E-state index contributed by atoms with van der Waals surface area (Å²) >= 11 is 6.16. The zero-order chi connectivity index (χ0) is 23.6. The monoisotopic (exact) mass is 463 g/mol. The van der Waals surface area contributed by atoms with Crippen LogP contribution in [0.1, 0.15) is 36.1 Å². The molecule has 7 heteroatoms. The van der Waals surface area contributed by atoms with Gasteiger partial charge in [-0.3, -0.25) is 9.59 Å². The molecule has 6 nitrogen and oxygen atoms in total. The standard InChI is InChI=1S/C26H26ClN3O3/c1-3-19-11-8-12-20(4-2)24(19)29-25(31)26(32)30-28-16-18-9-7-13-22(15-18)33-17-21-10-5-6-14-23(21)27/h5-16H,3-4,17H2,1-2H3,(H,29,31)(H,30,32)/b28-16-. The van der Waals surface area contributed by atoms with Gasteiger partial charge in [-0.1, -0.05) is 74.0 Å². The summed E-state index contributed by atoms with van der Waals surface area (Å²) in [7, 11) is 0. The summed E-state index contributed by atoms with van der Waals surface area (Å²) in [5.41, 5.74) is 6.51. The molecule has 33 heavy (non-hydrogen) atoms. The fourth-order valence-electron chi connectivity index (χ4n) is 3.25. The van der Waals surface area contributed by atoms with Crippen molar-refractivity contribution in [2.24, 2.45) is 5.10 Å². The van der Waals surface area contributed by atoms with Crippen LogP contribution in [0.4, 0.5) is 5.69 Å². The lowest BCUT2D eigenvalue weighted by Crippen LogP contribution is -2.33. The highest BCUT2D eigenvalue weighted by molar-refractivity contribution is 6.39. The maximum Gasteiger partial charge on any atom is 0.329 e. The van der Waals surface area contributed by atoms with Crippen LogP contribution in [0.2, 0.25) is 5.02 Å². The summed E-state index contributed by atoms with van der Waals surface area (Å²) in [5, 5.41) is 7.26. The number of amides is 2. The Kier molecular flexibility index (Phi) is 8.61. The largest absolute Gasteiger partial charge is 0.489 e. The van der Waals surface area contributed by atoms with Gasteiger partial charge in [-0.25, -0.2) is 5.43 Å². The molecule has 2 amide bonds. The third kappa shape index (κ3) is 6.67. The molecule has 3 aromatic carbocycles. The van der Waals surface area contributed by atoms with E-state index in [1.165, 1.54) is 6.21 Å². The summed E-state index contributed by atoms with van der Waals surface area (Å²) in [5.74, 6) is -0.976. The number of anilines is 1. The van der Waals surface area contributed by atoms with Crippen LogP contribution in [0.15, 0.2) is 71.8 Å². The number of benzene rings is 3. The minimum absolute atomic E-state index is 0.330. The summed E-state index contributed by atoms with van der Waals surface area (Å²) in [6, 6.07) is 20.5. The first-order chi connectivity index (χ1) is 16.0. The number of para-hydroxylation sites is 1. The molecule has 0 aromatic heterocycles. The Morgan fingerprint density at radius 2 is 1.58 bits per heavy atom. The van der Waals surface area contributed by atoms with Crippen LogP contribution in [0, 0.1) is 0 Å². The van der Waals surface area contributed by atoms with E-state index in [-0.39, 0.29) is 0 Å². The van der Waals surface area contributed by atoms with Crippen LogP contribution in [0.25, 0.3) is 0 Å². The molecule has 170 valence electrons. The number of carbonyl (C=O) groups excluding carboxylic acids is 2. The first-order valence-electron chi connectivity index (χ1n) is 10.7. The molecule has 0 bridgehead atoms. The number of hydrazone groups is 1. The number of hydrogen-bond donors (Lipinski definition) is 2. The molecule has 0 atom stereocenters. The number of ether oxygens (including phenoxy) is 1. The van der Waals surface area contributed by atoms with Crippen LogP contribution in [-0.2, 0) is 29.0 Å². The van der Waals surface area contributed by atoms with E-state index in [4.69, 9.17) is 16.3 Å². The second kappa shape index (κ2) is 11.8. The average Bonchev–Trinajstić information content (AvgIpc) is 2.83. The number of rotatable bonds is 8. The Morgan fingerprint density at radius 3 is 2.27 bits per heavy atom. The molecular weight excluding hydrogens is 438 g/mol. The van der Waals surface area contributed by atoms with Crippen LogP contribution in [0.5, 0.6) is 5.75 Å². The van der Waals surface area contributed by atoms with Crippen molar-refractivity contribution in [3.8, 4) is 5.75 Å². The van der Waals surface area contributed by atoms with Gasteiger partial charge in [0.25, 0.3) is 0 Å². The fourth-order valence-corrected chi connectivity index (χ4v) is 3.44. The van der Waals surface area contributed by atoms with Crippen molar-refractivity contribution < 1.29 is 14.3 Å². The van der Waals surface area contributed by atoms with E-state index in [9.17, 15) is 9.59 Å². The van der Waals surface area contributed by atoms with E-state index in [2.05, 4.69) is 15.8 Å². The third-order valence-electron chi connectivity index (χ3n) is 5.03. The van der Waals surface area contributed by atoms with Crippen LogP contribution in [-0.4, -0.2) is 18.0 Å². The van der Waals surface area contributed by atoms with Gasteiger partial charge < -0.3 is 10.1 Å². The van der Waals surface area contributed by atoms with E-state index in [1.54, 1.807) is 6.07 Å². The van der Waals surface area contributed by atoms with Gasteiger partial charge in [0.05, 0.1) is 6.21 Å². The Morgan fingerprint density at radius 1 is 0.909 bits per heavy atom. The van der Waals surface area contributed by atoms with Crippen molar-refractivity contribution in [1.29, 1.82) is 0 Å². The molecule has 3 rings (SSSR count). The zero-order valence-electron chi connectivity index (χ0n) is 18.6. The Bertz CT molecular complexity index is 1140. The number of nitrogens with zero attached hydrogens (tertiary/aromatic N) is 1. The summed E-state index contributed by atoms with van der Waals surface area (Å²) in [6.07, 6.45) is 2.95. The fraction of sp³-hybridized carbons (Fsp3) is 0.192. The van der Waals surface area contributed by atoms with E-state index in [0.29, 0.717) is 28.6 Å². The topological polar surface area (TPSA) is 79.8 Å². The second-order valence-electron chi connectivity index (χ2n) is 7.26. The lowest BCUT2D eigenvalue weighted by molar-refractivity contribution is -0.136. The minimum atomic E-state index is -0.842. The van der Waals surface area contributed by atoms with Crippen molar-refractivity contribution in [3.63, 3.8) is 0 Å². The number of nitrogens with one attached hydrogen (secondary N) is 2. The molecule has 0 aliphatic heterocycles. The van der Waals surface area contributed by atoms with E-state index in [0.717, 1.165) is 29.5 Å². The second-order valence-corrected chi connectivity index (χ2v) is 7.67. The maximum atomic E-state index is 12.4. The number of carbonyl (C=O) groups is 2. The van der Waals surface area contributed by atoms with Gasteiger partial charge in [0, 0.05) is 16.3 Å². The third-order valence-corrected chi connectivity index (χ3v) is 5.40. The minimum Gasteiger partial charge on any atom is -0.489 e. The SMILES string of the molecule is CCc1cccc(CC)c1NC(=O)C(=O)N/N=C\c1cccc(OCc2ccccc2Cl)c1. The van der Waals surface area contributed by atoms with Gasteiger partial charge in [-0.15, -0.1) is 0 Å². The number of halogens is 1. The van der Waals surface area contributed by atoms with Crippen molar-refractivity contribution in [1.82, 2.24) is 5.43 Å². The van der Waals surface area contributed by atoms with Crippen molar-refractivity contribution in [3.05, 3.63) is 94.0 Å². The molecule has 0 spiro atoms. The molecule has 0 unspecified atom stereocenters. The molecule has 0 aliphatic carbocycles. The summed E-state index contributed by atoms with van der Waals surface area (Å²) in [4.78, 5) is 24.6. The normalized spacial score (nSPS) is 10.8. The molecular formula is C26H26ClN3O3. The predicted molar refractivity (Wildman–Crippen MR) is 132 cm³/mol. The Balaban J connectivity index is 1.58. The van der Waals surface area contributed by atoms with Crippen LogP contribution in [0.3, 0.4) is 0 Å². The molecule has 0 saturated carbocycles. The summed E-state index contributed by atoms with van der Waals surface area (Å²) < 4.78 is 5.79. The van der Waals surface area contributed by atoms with Gasteiger partial charge in [-0.2, -0.15) is 5.10 Å². The van der Waals surface area contributed by atoms with Gasteiger partial charge in [0.1, 0.15) is 12.4 Å².